The third-order valence-electron chi connectivity index (χ3n) is 8.64. The van der Waals surface area contributed by atoms with E-state index in [9.17, 15) is 14.0 Å². The third-order valence-corrected chi connectivity index (χ3v) is 8.64. The van der Waals surface area contributed by atoms with Gasteiger partial charge in [0.15, 0.2) is 5.83 Å². The van der Waals surface area contributed by atoms with Crippen LogP contribution in [0, 0.1) is 34.5 Å². The first kappa shape index (κ1) is 18.0. The molecule has 0 aromatic heterocycles. The topological polar surface area (TPSA) is 46.6 Å². The lowest BCUT2D eigenvalue weighted by Crippen LogP contribution is -2.60. The number of likely N-dealkylation sites (N-methyl/N-ethyl adjacent to an activating group) is 1. The van der Waals surface area contributed by atoms with Crippen LogP contribution in [-0.2, 0) is 14.3 Å². The van der Waals surface area contributed by atoms with E-state index in [0.29, 0.717) is 17.8 Å². The number of carbonyl (C=O) groups excluding carboxylic acids is 2. The molecular weight excluding hydrogens is 333 g/mol. The predicted molar refractivity (Wildman–Crippen MR) is 95.6 cm³/mol. The lowest BCUT2D eigenvalue weighted by molar-refractivity contribution is -0.156. The fraction of sp³-hybridized carbons (Fsp3) is 0.810. The Morgan fingerprint density at radius 1 is 1.19 bits per heavy atom. The second-order valence-electron chi connectivity index (χ2n) is 9.44. The minimum atomic E-state index is -0.598. The summed E-state index contributed by atoms with van der Waals surface area (Å²) in [5, 5.41) is 0. The van der Waals surface area contributed by atoms with Gasteiger partial charge in [0.1, 0.15) is 0 Å². The van der Waals surface area contributed by atoms with Crippen molar-refractivity contribution in [2.24, 2.45) is 34.5 Å². The molecule has 144 valence electrons. The monoisotopic (exact) mass is 363 g/mol. The number of nitrogens with zero attached hydrogens (tertiary/aromatic N) is 1. The van der Waals surface area contributed by atoms with E-state index in [-0.39, 0.29) is 28.8 Å². The van der Waals surface area contributed by atoms with Crippen LogP contribution in [0.1, 0.15) is 52.4 Å². The van der Waals surface area contributed by atoms with E-state index in [1.807, 2.05) is 0 Å². The maximum absolute atomic E-state index is 14.4. The van der Waals surface area contributed by atoms with E-state index in [1.165, 1.54) is 7.11 Å². The number of carbonyl (C=O) groups is 2. The Balaban J connectivity index is 1.68. The minimum absolute atomic E-state index is 0.00387. The van der Waals surface area contributed by atoms with Crippen LogP contribution in [0.5, 0.6) is 0 Å². The molecule has 0 aromatic rings. The molecule has 4 aliphatic rings. The van der Waals surface area contributed by atoms with Crippen LogP contribution in [-0.4, -0.2) is 37.0 Å². The van der Waals surface area contributed by atoms with Crippen molar-refractivity contribution in [2.75, 3.05) is 14.2 Å². The van der Waals surface area contributed by atoms with Crippen molar-refractivity contribution in [1.82, 2.24) is 4.90 Å². The van der Waals surface area contributed by atoms with Gasteiger partial charge in [-0.2, -0.15) is 0 Å². The zero-order chi connectivity index (χ0) is 18.9. The molecular formula is C21H30FNO3. The van der Waals surface area contributed by atoms with Crippen molar-refractivity contribution in [3.8, 4) is 0 Å². The Kier molecular flexibility index (Phi) is 4.02. The van der Waals surface area contributed by atoms with Gasteiger partial charge in [-0.3, -0.25) is 9.59 Å². The smallest absolute Gasteiger partial charge is 0.309 e. The van der Waals surface area contributed by atoms with Gasteiger partial charge < -0.3 is 9.64 Å². The fourth-order valence-corrected chi connectivity index (χ4v) is 7.36. The van der Waals surface area contributed by atoms with E-state index in [1.54, 1.807) is 18.0 Å². The lowest BCUT2D eigenvalue weighted by atomic mass is 9.47. The largest absolute Gasteiger partial charge is 0.469 e. The fourth-order valence-electron chi connectivity index (χ4n) is 7.36. The van der Waals surface area contributed by atoms with Crippen molar-refractivity contribution >= 4 is 11.9 Å². The van der Waals surface area contributed by atoms with Crippen molar-refractivity contribution in [3.05, 3.63) is 11.9 Å². The average molecular weight is 363 g/mol. The molecule has 0 N–H and O–H groups in total. The molecule has 0 saturated heterocycles. The van der Waals surface area contributed by atoms with E-state index in [2.05, 4.69) is 13.8 Å². The standard InChI is InChI=1S/C21H30FNO3/c1-20-10-9-14-12(13(20)6-7-15(20)19(25)26-4)5-8-17-21(14,2)11-16(22)18(24)23(17)3/h11-15,17H,5-10H2,1-4H3/t12?,13?,14?,15-,17?,20?,21-/m1/s1. The number of amides is 1. The Bertz CT molecular complexity index is 676. The van der Waals surface area contributed by atoms with Gasteiger partial charge >= 0.3 is 5.97 Å². The average Bonchev–Trinajstić information content (AvgIpc) is 2.96. The molecule has 7 atom stereocenters. The Morgan fingerprint density at radius 3 is 2.62 bits per heavy atom. The first-order chi connectivity index (χ1) is 12.2. The summed E-state index contributed by atoms with van der Waals surface area (Å²) >= 11 is 0. The zero-order valence-electron chi connectivity index (χ0n) is 16.3. The second-order valence-corrected chi connectivity index (χ2v) is 9.44. The Labute approximate surface area is 155 Å². The molecule has 4 rings (SSSR count). The van der Waals surface area contributed by atoms with Crippen LogP contribution in [0.3, 0.4) is 0 Å². The van der Waals surface area contributed by atoms with Gasteiger partial charge in [0, 0.05) is 18.5 Å². The van der Waals surface area contributed by atoms with Crippen molar-refractivity contribution in [3.63, 3.8) is 0 Å². The van der Waals surface area contributed by atoms with Gasteiger partial charge in [-0.25, -0.2) is 4.39 Å². The molecule has 1 aliphatic heterocycles. The van der Waals surface area contributed by atoms with Crippen molar-refractivity contribution in [2.45, 2.75) is 58.4 Å². The Hall–Kier alpha value is -1.39. The summed E-state index contributed by atoms with van der Waals surface area (Å²) in [5.74, 6) is 0.210. The minimum Gasteiger partial charge on any atom is -0.469 e. The van der Waals surface area contributed by atoms with Crippen LogP contribution in [0.2, 0.25) is 0 Å². The number of rotatable bonds is 1. The summed E-state index contributed by atoms with van der Waals surface area (Å²) in [7, 11) is 3.23. The van der Waals surface area contributed by atoms with Gasteiger partial charge in [-0.05, 0) is 67.8 Å². The molecule has 3 fully saturated rings. The van der Waals surface area contributed by atoms with E-state index < -0.39 is 11.7 Å². The quantitative estimate of drug-likeness (QED) is 0.667. The van der Waals surface area contributed by atoms with Gasteiger partial charge in [0.2, 0.25) is 0 Å². The van der Waals surface area contributed by atoms with Gasteiger partial charge in [0.25, 0.3) is 5.91 Å². The molecule has 0 spiro atoms. The highest BCUT2D eigenvalue weighted by atomic mass is 19.1. The highest BCUT2D eigenvalue weighted by Crippen LogP contribution is 2.65. The number of fused-ring (bicyclic) bond motifs is 5. The molecule has 0 aromatic carbocycles. The van der Waals surface area contributed by atoms with E-state index >= 15 is 0 Å². The molecule has 3 saturated carbocycles. The number of hydrogen-bond acceptors (Lipinski definition) is 3. The summed E-state index contributed by atoms with van der Waals surface area (Å²) in [6, 6.07) is 0.0814. The van der Waals surface area contributed by atoms with Crippen LogP contribution >= 0.6 is 0 Å². The van der Waals surface area contributed by atoms with Gasteiger partial charge in [0.05, 0.1) is 13.0 Å². The molecule has 0 radical (unpaired) electrons. The summed E-state index contributed by atoms with van der Waals surface area (Å²) in [5.41, 5.74) is -0.309. The first-order valence-corrected chi connectivity index (χ1v) is 9.97. The van der Waals surface area contributed by atoms with Crippen molar-refractivity contribution in [1.29, 1.82) is 0 Å². The van der Waals surface area contributed by atoms with Gasteiger partial charge in [-0.15, -0.1) is 0 Å². The number of methoxy groups -OCH3 is 1. The summed E-state index contributed by atoms with van der Waals surface area (Å²) in [6.07, 6.45) is 7.54. The molecule has 5 heteroatoms. The lowest BCUT2D eigenvalue weighted by Gasteiger charge is -2.60. The zero-order valence-corrected chi connectivity index (χ0v) is 16.3. The number of halogens is 1. The maximum atomic E-state index is 14.4. The summed E-state index contributed by atoms with van der Waals surface area (Å²) in [4.78, 5) is 26.1. The van der Waals surface area contributed by atoms with Gasteiger partial charge in [-0.1, -0.05) is 13.8 Å². The molecule has 26 heavy (non-hydrogen) atoms. The number of ether oxygens (including phenoxy) is 1. The van der Waals surface area contributed by atoms with Crippen molar-refractivity contribution < 1.29 is 18.7 Å². The number of hydrogen-bond donors (Lipinski definition) is 0. The molecule has 1 amide bonds. The molecule has 4 nitrogen and oxygen atoms in total. The second kappa shape index (κ2) is 5.80. The maximum Gasteiger partial charge on any atom is 0.309 e. The summed E-state index contributed by atoms with van der Waals surface area (Å²) in [6.45, 7) is 4.41. The molecule has 1 heterocycles. The Morgan fingerprint density at radius 2 is 1.92 bits per heavy atom. The molecule has 3 aliphatic carbocycles. The summed E-state index contributed by atoms with van der Waals surface area (Å²) < 4.78 is 19.5. The van der Waals surface area contributed by atoms with Crippen LogP contribution in [0.25, 0.3) is 0 Å². The predicted octanol–water partition coefficient (Wildman–Crippen LogP) is 3.71. The van der Waals surface area contributed by atoms with Crippen LogP contribution in [0.15, 0.2) is 11.9 Å². The highest BCUT2D eigenvalue weighted by molar-refractivity contribution is 5.92. The first-order valence-electron chi connectivity index (χ1n) is 9.97. The highest BCUT2D eigenvalue weighted by Gasteiger charge is 2.62. The van der Waals surface area contributed by atoms with E-state index in [0.717, 1.165) is 38.5 Å². The van der Waals surface area contributed by atoms with E-state index in [4.69, 9.17) is 4.74 Å². The molecule has 5 unspecified atom stereocenters. The number of esters is 1. The molecule has 0 bridgehead atoms. The normalized spacial score (nSPS) is 47.6. The van der Waals surface area contributed by atoms with Crippen LogP contribution < -0.4 is 0 Å². The van der Waals surface area contributed by atoms with Crippen LogP contribution in [0.4, 0.5) is 4.39 Å². The SMILES string of the molecule is COC(=O)[C@H]1CCC2C3CCC4N(C)C(=O)C(F)=C[C@]4(C)C3CCC21C. The third kappa shape index (κ3) is 2.18.